The van der Waals surface area contributed by atoms with Crippen LogP contribution in [0.3, 0.4) is 0 Å². The minimum Gasteiger partial charge on any atom is -0.489 e. The molecule has 5 heterocycles. The number of pyridine rings is 2. The summed E-state index contributed by atoms with van der Waals surface area (Å²) in [6.45, 7) is 5.31. The lowest BCUT2D eigenvalue weighted by molar-refractivity contribution is 0.0283. The van der Waals surface area contributed by atoms with Crippen LogP contribution in [0.5, 0.6) is 5.75 Å². The van der Waals surface area contributed by atoms with E-state index < -0.39 is 5.60 Å². The maximum atomic E-state index is 9.97. The molecule has 4 aromatic heterocycles. The minimum absolute atomic E-state index is 0.189. The summed E-state index contributed by atoms with van der Waals surface area (Å²) in [5, 5.41) is 18.6. The van der Waals surface area contributed by atoms with Crippen molar-refractivity contribution in [1.82, 2.24) is 24.4 Å². The zero-order chi connectivity index (χ0) is 21.6. The first kappa shape index (κ1) is 19.4. The average molecular weight is 419 g/mol. The van der Waals surface area contributed by atoms with Crippen molar-refractivity contribution in [3.63, 3.8) is 0 Å². The van der Waals surface area contributed by atoms with Crippen LogP contribution in [-0.4, -0.2) is 54.8 Å². The zero-order valence-electron chi connectivity index (χ0n) is 17.5. The summed E-state index contributed by atoms with van der Waals surface area (Å²) in [5.41, 5.74) is 7.70. The van der Waals surface area contributed by atoms with Crippen LogP contribution < -0.4 is 15.4 Å². The van der Waals surface area contributed by atoms with Gasteiger partial charge in [0.2, 0.25) is 0 Å². The van der Waals surface area contributed by atoms with Gasteiger partial charge in [0.15, 0.2) is 0 Å². The number of ether oxygens (including phenoxy) is 1. The van der Waals surface area contributed by atoms with Crippen LogP contribution >= 0.6 is 0 Å². The van der Waals surface area contributed by atoms with E-state index in [2.05, 4.69) is 26.1 Å². The first-order valence-corrected chi connectivity index (χ1v) is 10.2. The van der Waals surface area contributed by atoms with Gasteiger partial charge in [-0.3, -0.25) is 4.68 Å². The van der Waals surface area contributed by atoms with E-state index in [0.717, 1.165) is 35.6 Å². The zero-order valence-corrected chi connectivity index (χ0v) is 17.5. The molecule has 0 radical (unpaired) electrons. The lowest BCUT2D eigenvalue weighted by Gasteiger charge is -2.40. The fourth-order valence-corrected chi connectivity index (χ4v) is 3.67. The Kier molecular flexibility index (Phi) is 4.55. The van der Waals surface area contributed by atoms with Gasteiger partial charge in [-0.25, -0.2) is 9.50 Å². The summed E-state index contributed by atoms with van der Waals surface area (Å²) in [7, 11) is 0. The Morgan fingerprint density at radius 1 is 1.23 bits per heavy atom. The highest BCUT2D eigenvalue weighted by Gasteiger charge is 2.29. The highest BCUT2D eigenvalue weighted by molar-refractivity contribution is 5.81. The van der Waals surface area contributed by atoms with Crippen LogP contribution in [0, 0.1) is 0 Å². The summed E-state index contributed by atoms with van der Waals surface area (Å²) in [4.78, 5) is 6.89. The fraction of sp³-hybridized carbons (Fsp3) is 0.318. The lowest BCUT2D eigenvalue weighted by atomic mass is 10.1. The number of hydrogen-bond acceptors (Lipinski definition) is 7. The largest absolute Gasteiger partial charge is 0.489 e. The second kappa shape index (κ2) is 7.28. The molecule has 5 rings (SSSR count). The summed E-state index contributed by atoms with van der Waals surface area (Å²) in [6.07, 6.45) is 7.35. The van der Waals surface area contributed by atoms with Crippen molar-refractivity contribution in [2.24, 2.45) is 0 Å². The van der Waals surface area contributed by atoms with E-state index in [9.17, 15) is 5.11 Å². The van der Waals surface area contributed by atoms with Gasteiger partial charge < -0.3 is 20.5 Å². The molecular weight excluding hydrogens is 394 g/mol. The molecule has 0 bridgehead atoms. The van der Waals surface area contributed by atoms with Crippen molar-refractivity contribution in [2.75, 3.05) is 30.3 Å². The minimum atomic E-state index is -0.917. The maximum absolute atomic E-state index is 9.97. The molecule has 0 saturated carbocycles. The van der Waals surface area contributed by atoms with Crippen molar-refractivity contribution in [1.29, 1.82) is 0 Å². The van der Waals surface area contributed by atoms with Gasteiger partial charge in [-0.1, -0.05) is 0 Å². The molecule has 3 N–H and O–H groups in total. The van der Waals surface area contributed by atoms with E-state index in [-0.39, 0.29) is 6.61 Å². The van der Waals surface area contributed by atoms with Crippen LogP contribution in [0.4, 0.5) is 11.6 Å². The number of nitrogens with two attached hydrogens (primary N) is 1. The second-order valence-corrected chi connectivity index (χ2v) is 8.54. The SMILES string of the molecule is CC(C)(O)COc1cc(-c2ccc(N3CC(n4ccc(N)n4)C3)nc2)c2ccnn2c1. The van der Waals surface area contributed by atoms with Gasteiger partial charge in [-0.05, 0) is 44.2 Å². The van der Waals surface area contributed by atoms with Crippen molar-refractivity contribution in [3.8, 4) is 16.9 Å². The standard InChI is InChI=1S/C22H25N7O2/c1-22(2,30)14-31-17-9-18(19-5-7-25-29(19)13-17)15-3-4-21(24-10-15)27-11-16(12-27)28-8-6-20(23)26-28/h3-10,13,16,30H,11-12,14H2,1-2H3,(H2,23,26). The monoisotopic (exact) mass is 419 g/mol. The smallest absolute Gasteiger partial charge is 0.145 e. The van der Waals surface area contributed by atoms with Crippen molar-refractivity contribution < 1.29 is 9.84 Å². The topological polar surface area (TPSA) is 107 Å². The summed E-state index contributed by atoms with van der Waals surface area (Å²) in [6, 6.07) is 10.1. The first-order chi connectivity index (χ1) is 14.9. The molecule has 160 valence electrons. The second-order valence-electron chi connectivity index (χ2n) is 8.54. The number of rotatable bonds is 6. The summed E-state index contributed by atoms with van der Waals surface area (Å²) < 4.78 is 9.49. The molecule has 9 nitrogen and oxygen atoms in total. The van der Waals surface area contributed by atoms with E-state index in [4.69, 9.17) is 10.5 Å². The molecule has 0 atom stereocenters. The van der Waals surface area contributed by atoms with Crippen molar-refractivity contribution in [2.45, 2.75) is 25.5 Å². The number of aliphatic hydroxyl groups is 1. The Morgan fingerprint density at radius 3 is 2.74 bits per heavy atom. The highest BCUT2D eigenvalue weighted by atomic mass is 16.5. The number of aromatic nitrogens is 5. The Hall–Kier alpha value is -3.59. The third kappa shape index (κ3) is 3.91. The van der Waals surface area contributed by atoms with Crippen LogP contribution in [0.25, 0.3) is 16.6 Å². The molecule has 0 amide bonds. The van der Waals surface area contributed by atoms with Gasteiger partial charge in [0.1, 0.15) is 24.0 Å². The van der Waals surface area contributed by atoms with Crippen molar-refractivity contribution >= 4 is 17.2 Å². The van der Waals surface area contributed by atoms with Crippen LogP contribution in [0.1, 0.15) is 19.9 Å². The highest BCUT2D eigenvalue weighted by Crippen LogP contribution is 2.31. The van der Waals surface area contributed by atoms with E-state index in [1.54, 1.807) is 24.6 Å². The Balaban J connectivity index is 1.35. The molecule has 0 aliphatic carbocycles. The molecule has 0 spiro atoms. The first-order valence-electron chi connectivity index (χ1n) is 10.2. The maximum Gasteiger partial charge on any atom is 0.145 e. The predicted octanol–water partition coefficient (Wildman–Crippen LogP) is 2.39. The summed E-state index contributed by atoms with van der Waals surface area (Å²) in [5.74, 6) is 2.11. The van der Waals surface area contributed by atoms with Gasteiger partial charge in [-0.2, -0.15) is 10.2 Å². The predicted molar refractivity (Wildman–Crippen MR) is 118 cm³/mol. The van der Waals surface area contributed by atoms with E-state index >= 15 is 0 Å². The average Bonchev–Trinajstić information content (AvgIpc) is 3.33. The van der Waals surface area contributed by atoms with E-state index in [1.807, 2.05) is 47.5 Å². The number of nitrogens with zero attached hydrogens (tertiary/aromatic N) is 6. The van der Waals surface area contributed by atoms with Gasteiger partial charge in [-0.15, -0.1) is 0 Å². The van der Waals surface area contributed by atoms with Gasteiger partial charge >= 0.3 is 0 Å². The van der Waals surface area contributed by atoms with Gasteiger partial charge in [0.05, 0.1) is 29.6 Å². The molecule has 1 fully saturated rings. The summed E-state index contributed by atoms with van der Waals surface area (Å²) >= 11 is 0. The molecule has 9 heteroatoms. The third-order valence-electron chi connectivity index (χ3n) is 5.32. The van der Waals surface area contributed by atoms with E-state index in [0.29, 0.717) is 17.6 Å². The van der Waals surface area contributed by atoms with Crippen LogP contribution in [-0.2, 0) is 0 Å². The van der Waals surface area contributed by atoms with Crippen LogP contribution in [0.15, 0.2) is 55.1 Å². The van der Waals surface area contributed by atoms with Crippen molar-refractivity contribution in [3.05, 3.63) is 55.1 Å². The molecule has 1 saturated heterocycles. The number of nitrogen functional groups attached to an aromatic ring is 1. The Labute approximate surface area is 179 Å². The molecule has 0 aromatic carbocycles. The lowest BCUT2D eigenvalue weighted by Crippen LogP contribution is -2.48. The quantitative estimate of drug-likeness (QED) is 0.494. The number of hydrogen-bond donors (Lipinski definition) is 2. The Bertz CT molecular complexity index is 1200. The molecule has 0 unspecified atom stereocenters. The number of anilines is 2. The van der Waals surface area contributed by atoms with Gasteiger partial charge in [0.25, 0.3) is 0 Å². The Morgan fingerprint density at radius 2 is 2.06 bits per heavy atom. The normalized spacial score (nSPS) is 14.7. The van der Waals surface area contributed by atoms with Crippen LogP contribution in [0.2, 0.25) is 0 Å². The van der Waals surface area contributed by atoms with Gasteiger partial charge in [0, 0.05) is 36.6 Å². The fourth-order valence-electron chi connectivity index (χ4n) is 3.67. The molecule has 4 aromatic rings. The molecule has 1 aliphatic rings. The molecule has 31 heavy (non-hydrogen) atoms. The molecule has 1 aliphatic heterocycles. The molecular formula is C22H25N7O2. The number of fused-ring (bicyclic) bond motifs is 1. The van der Waals surface area contributed by atoms with E-state index in [1.165, 1.54) is 0 Å². The third-order valence-corrected chi connectivity index (χ3v) is 5.32.